The average Bonchev–Trinajstić information content (AvgIpc) is 2.50. The van der Waals surface area contributed by atoms with Crippen molar-refractivity contribution in [1.29, 1.82) is 0 Å². The van der Waals surface area contributed by atoms with Crippen molar-refractivity contribution in [3.8, 4) is 0 Å². The van der Waals surface area contributed by atoms with Gasteiger partial charge >= 0.3 is 0 Å². The second-order valence-corrected chi connectivity index (χ2v) is 7.34. The zero-order valence-electron chi connectivity index (χ0n) is 13.5. The van der Waals surface area contributed by atoms with Gasteiger partial charge in [-0.3, -0.25) is 4.79 Å². The van der Waals surface area contributed by atoms with Crippen LogP contribution < -0.4 is 10.3 Å². The van der Waals surface area contributed by atoms with Gasteiger partial charge in [-0.1, -0.05) is 23.8 Å². The fourth-order valence-corrected chi connectivity index (χ4v) is 3.39. The highest BCUT2D eigenvalue weighted by molar-refractivity contribution is 7.89. The summed E-state index contributed by atoms with van der Waals surface area (Å²) in [5.74, 6) is 0. The second-order valence-electron chi connectivity index (χ2n) is 5.57. The van der Waals surface area contributed by atoms with Gasteiger partial charge in [-0.25, -0.2) is 13.1 Å². The molecule has 0 radical (unpaired) electrons. The quantitative estimate of drug-likeness (QED) is 0.790. The van der Waals surface area contributed by atoms with Crippen molar-refractivity contribution in [1.82, 2.24) is 9.29 Å². The van der Waals surface area contributed by atoms with Gasteiger partial charge in [0.05, 0.1) is 4.90 Å². The Morgan fingerprint density at radius 1 is 1.00 bits per heavy atom. The Kier molecular flexibility index (Phi) is 5.74. The molecule has 0 fully saturated rings. The fraction of sp³-hybridized carbons (Fsp3) is 0.353. The van der Waals surface area contributed by atoms with E-state index in [-0.39, 0.29) is 10.5 Å². The zero-order valence-corrected chi connectivity index (χ0v) is 14.3. The molecule has 0 atom stereocenters. The number of nitrogens with zero attached hydrogens (tertiary/aromatic N) is 1. The summed E-state index contributed by atoms with van der Waals surface area (Å²) < 4.78 is 28.5. The number of nitrogens with one attached hydrogen (secondary N) is 1. The van der Waals surface area contributed by atoms with E-state index in [1.165, 1.54) is 6.07 Å². The van der Waals surface area contributed by atoms with Crippen LogP contribution in [-0.4, -0.2) is 19.5 Å². The second kappa shape index (κ2) is 7.57. The molecule has 1 aromatic heterocycles. The minimum Gasteiger partial charge on any atom is -0.313 e. The Morgan fingerprint density at radius 3 is 2.35 bits per heavy atom. The van der Waals surface area contributed by atoms with Crippen LogP contribution in [0.4, 0.5) is 0 Å². The van der Waals surface area contributed by atoms with Crippen molar-refractivity contribution in [2.45, 2.75) is 38.1 Å². The Hall–Kier alpha value is -1.92. The molecule has 0 bridgehead atoms. The molecule has 23 heavy (non-hydrogen) atoms. The van der Waals surface area contributed by atoms with Crippen LogP contribution in [-0.2, 0) is 16.6 Å². The highest BCUT2D eigenvalue weighted by Crippen LogP contribution is 2.09. The van der Waals surface area contributed by atoms with Crippen LogP contribution in [0.1, 0.15) is 24.1 Å². The lowest BCUT2D eigenvalue weighted by Crippen LogP contribution is -2.26. The lowest BCUT2D eigenvalue weighted by Gasteiger charge is -2.10. The highest BCUT2D eigenvalue weighted by atomic mass is 32.2. The number of benzene rings is 1. The molecule has 0 saturated heterocycles. The van der Waals surface area contributed by atoms with E-state index in [0.29, 0.717) is 19.5 Å². The van der Waals surface area contributed by atoms with Crippen LogP contribution in [0.3, 0.4) is 0 Å². The molecule has 0 aliphatic rings. The number of aryl methyl sites for hydroxylation is 2. The molecule has 1 N–H and O–H groups in total. The topological polar surface area (TPSA) is 68.2 Å². The predicted octanol–water partition coefficient (Wildman–Crippen LogP) is 2.22. The van der Waals surface area contributed by atoms with E-state index < -0.39 is 10.0 Å². The van der Waals surface area contributed by atoms with Gasteiger partial charge in [0, 0.05) is 24.8 Å². The lowest BCUT2D eigenvalue weighted by atomic mass is 10.2. The minimum absolute atomic E-state index is 0.0229. The molecule has 5 nitrogen and oxygen atoms in total. The zero-order chi connectivity index (χ0) is 16.9. The summed E-state index contributed by atoms with van der Waals surface area (Å²) in [4.78, 5) is 12.0. The van der Waals surface area contributed by atoms with Crippen molar-refractivity contribution in [3.05, 3.63) is 64.1 Å². The van der Waals surface area contributed by atoms with Gasteiger partial charge in [-0.2, -0.15) is 0 Å². The molecule has 2 aromatic rings. The highest BCUT2D eigenvalue weighted by Gasteiger charge is 2.12. The Morgan fingerprint density at radius 2 is 1.70 bits per heavy atom. The molecule has 0 amide bonds. The molecule has 1 heterocycles. The van der Waals surface area contributed by atoms with Gasteiger partial charge in [0.25, 0.3) is 5.56 Å². The minimum atomic E-state index is -3.46. The monoisotopic (exact) mass is 334 g/mol. The van der Waals surface area contributed by atoms with E-state index in [1.807, 2.05) is 19.9 Å². The number of hydrogen-bond donors (Lipinski definition) is 1. The maximum atomic E-state index is 12.1. The molecule has 6 heteroatoms. The molecule has 2 rings (SSSR count). The van der Waals surface area contributed by atoms with E-state index >= 15 is 0 Å². The number of unbranched alkanes of at least 4 members (excludes halogenated alkanes) is 1. The number of hydrogen-bond acceptors (Lipinski definition) is 3. The molecular weight excluding hydrogens is 312 g/mol. The molecule has 0 saturated carbocycles. The predicted molar refractivity (Wildman–Crippen MR) is 91.0 cm³/mol. The van der Waals surface area contributed by atoms with Crippen molar-refractivity contribution in [3.63, 3.8) is 0 Å². The van der Waals surface area contributed by atoms with Crippen molar-refractivity contribution in [2.75, 3.05) is 6.54 Å². The van der Waals surface area contributed by atoms with Crippen molar-refractivity contribution >= 4 is 10.0 Å². The van der Waals surface area contributed by atoms with Gasteiger partial charge in [0.15, 0.2) is 0 Å². The van der Waals surface area contributed by atoms with Gasteiger partial charge < -0.3 is 4.57 Å². The van der Waals surface area contributed by atoms with Crippen LogP contribution in [0, 0.1) is 13.8 Å². The van der Waals surface area contributed by atoms with Crippen LogP contribution in [0.2, 0.25) is 0 Å². The Labute approximate surface area is 137 Å². The van der Waals surface area contributed by atoms with Crippen LogP contribution >= 0.6 is 0 Å². The van der Waals surface area contributed by atoms with Crippen molar-refractivity contribution < 1.29 is 8.42 Å². The standard InChI is InChI=1S/C17H22N2O3S/c1-14-8-10-16(11-9-14)23(21,22)18-12-3-4-13-19-15(2)6-5-7-17(19)20/h5-11,18H,3-4,12-13H2,1-2H3. The van der Waals surface area contributed by atoms with E-state index in [2.05, 4.69) is 4.72 Å². The first-order valence-electron chi connectivity index (χ1n) is 7.63. The summed E-state index contributed by atoms with van der Waals surface area (Å²) >= 11 is 0. The summed E-state index contributed by atoms with van der Waals surface area (Å²) in [7, 11) is -3.46. The normalized spacial score (nSPS) is 11.6. The first kappa shape index (κ1) is 17.4. The molecule has 1 aromatic carbocycles. The number of pyridine rings is 1. The van der Waals surface area contributed by atoms with Gasteiger partial charge in [-0.05, 0) is 44.9 Å². The van der Waals surface area contributed by atoms with Gasteiger partial charge in [-0.15, -0.1) is 0 Å². The Balaban J connectivity index is 1.83. The van der Waals surface area contributed by atoms with Gasteiger partial charge in [0.1, 0.15) is 0 Å². The first-order chi connectivity index (χ1) is 10.9. The molecule has 124 valence electrons. The average molecular weight is 334 g/mol. The fourth-order valence-electron chi connectivity index (χ4n) is 2.31. The summed E-state index contributed by atoms with van der Waals surface area (Å²) in [6, 6.07) is 11.9. The van der Waals surface area contributed by atoms with Crippen molar-refractivity contribution in [2.24, 2.45) is 0 Å². The first-order valence-corrected chi connectivity index (χ1v) is 9.11. The third-order valence-electron chi connectivity index (χ3n) is 3.70. The summed E-state index contributed by atoms with van der Waals surface area (Å²) in [6.07, 6.45) is 1.41. The third kappa shape index (κ3) is 4.77. The van der Waals surface area contributed by atoms with Crippen LogP contribution in [0.15, 0.2) is 52.2 Å². The van der Waals surface area contributed by atoms with E-state index in [1.54, 1.807) is 34.9 Å². The number of rotatable bonds is 7. The summed E-state index contributed by atoms with van der Waals surface area (Å²) in [6.45, 7) is 4.76. The van der Waals surface area contributed by atoms with Crippen LogP contribution in [0.5, 0.6) is 0 Å². The van der Waals surface area contributed by atoms with E-state index in [4.69, 9.17) is 0 Å². The lowest BCUT2D eigenvalue weighted by molar-refractivity contribution is 0.557. The smallest absolute Gasteiger partial charge is 0.250 e. The summed E-state index contributed by atoms with van der Waals surface area (Å²) in [5, 5.41) is 0. The SMILES string of the molecule is Cc1ccc(S(=O)(=O)NCCCCn2c(C)cccc2=O)cc1. The van der Waals surface area contributed by atoms with E-state index in [0.717, 1.165) is 17.7 Å². The maximum absolute atomic E-state index is 12.1. The molecule has 0 unspecified atom stereocenters. The molecular formula is C17H22N2O3S. The van der Waals surface area contributed by atoms with Gasteiger partial charge in [0.2, 0.25) is 10.0 Å². The number of aromatic nitrogens is 1. The van der Waals surface area contributed by atoms with E-state index in [9.17, 15) is 13.2 Å². The Bertz CT molecular complexity index is 808. The summed E-state index contributed by atoms with van der Waals surface area (Å²) in [5.41, 5.74) is 1.91. The number of sulfonamides is 1. The molecule has 0 aliphatic carbocycles. The molecule has 0 spiro atoms. The molecule has 0 aliphatic heterocycles. The third-order valence-corrected chi connectivity index (χ3v) is 5.18. The van der Waals surface area contributed by atoms with Crippen LogP contribution in [0.25, 0.3) is 0 Å². The maximum Gasteiger partial charge on any atom is 0.250 e. The largest absolute Gasteiger partial charge is 0.313 e.